The van der Waals surface area contributed by atoms with E-state index in [0.717, 1.165) is 37.0 Å². The molecule has 8 nitrogen and oxygen atoms in total. The third-order valence-corrected chi connectivity index (χ3v) is 5.21. The van der Waals surface area contributed by atoms with E-state index in [0.29, 0.717) is 6.04 Å². The van der Waals surface area contributed by atoms with Gasteiger partial charge < -0.3 is 10.2 Å². The Morgan fingerprint density at radius 2 is 1.85 bits per heavy atom. The Kier molecular flexibility index (Phi) is 5.74. The molecule has 144 valence electrons. The number of amides is 3. The Hall–Kier alpha value is -1.77. The van der Waals surface area contributed by atoms with Gasteiger partial charge in [0, 0.05) is 24.7 Å². The number of anilines is 1. The normalized spacial score (nSPS) is 17.9. The number of carbonyl (C=O) groups is 2. The van der Waals surface area contributed by atoms with Crippen molar-refractivity contribution in [2.75, 3.05) is 23.7 Å². The summed E-state index contributed by atoms with van der Waals surface area (Å²) in [6, 6.07) is -0.0301. The fraction of sp³-hybridized carbons (Fsp3) is 0.765. The molecule has 1 aromatic rings. The fourth-order valence-corrected chi connectivity index (χ4v) is 3.79. The van der Waals surface area contributed by atoms with Crippen LogP contribution in [-0.2, 0) is 4.79 Å². The van der Waals surface area contributed by atoms with Gasteiger partial charge in [-0.05, 0) is 52.9 Å². The summed E-state index contributed by atoms with van der Waals surface area (Å²) in [5, 5.41) is 14.6. The molecule has 1 aliphatic heterocycles. The standard InChI is InChI=1S/C17H28N6O2S/c1-17(2,3)19-14(25)18-13(24)11-26-16-21-20-15(23(16)12-7-8-12)22-9-5-4-6-10-22/h12H,4-11H2,1-3H3,(H2,18,19,24,25). The van der Waals surface area contributed by atoms with Crippen molar-refractivity contribution in [2.45, 2.75) is 69.6 Å². The third-order valence-electron chi connectivity index (χ3n) is 4.27. The van der Waals surface area contributed by atoms with E-state index in [4.69, 9.17) is 0 Å². The second-order valence-electron chi connectivity index (χ2n) is 7.97. The number of aromatic nitrogens is 3. The molecule has 3 rings (SSSR count). The zero-order chi connectivity index (χ0) is 18.7. The van der Waals surface area contributed by atoms with Crippen LogP contribution in [0.15, 0.2) is 5.16 Å². The highest BCUT2D eigenvalue weighted by Gasteiger charge is 2.32. The monoisotopic (exact) mass is 380 g/mol. The second kappa shape index (κ2) is 7.85. The van der Waals surface area contributed by atoms with E-state index in [1.807, 2.05) is 20.8 Å². The second-order valence-corrected chi connectivity index (χ2v) is 8.91. The Labute approximate surface area is 158 Å². The molecule has 2 aliphatic rings. The molecule has 1 saturated heterocycles. The van der Waals surface area contributed by atoms with Gasteiger partial charge in [-0.15, -0.1) is 10.2 Å². The summed E-state index contributed by atoms with van der Waals surface area (Å²) in [5.41, 5.74) is -0.382. The van der Waals surface area contributed by atoms with Crippen LogP contribution < -0.4 is 15.5 Å². The van der Waals surface area contributed by atoms with E-state index in [1.54, 1.807) is 0 Å². The number of carbonyl (C=O) groups excluding carboxylic acids is 2. The predicted octanol–water partition coefficient (Wildman–Crippen LogP) is 2.32. The molecule has 2 fully saturated rings. The highest BCUT2D eigenvalue weighted by Crippen LogP contribution is 2.41. The van der Waals surface area contributed by atoms with Crippen molar-refractivity contribution in [3.8, 4) is 0 Å². The van der Waals surface area contributed by atoms with Crippen LogP contribution in [-0.4, -0.2) is 51.1 Å². The maximum absolute atomic E-state index is 12.1. The van der Waals surface area contributed by atoms with Crippen LogP contribution in [0.25, 0.3) is 0 Å². The van der Waals surface area contributed by atoms with E-state index in [9.17, 15) is 9.59 Å². The maximum Gasteiger partial charge on any atom is 0.321 e. The fourth-order valence-electron chi connectivity index (χ4n) is 2.99. The molecule has 1 aromatic heterocycles. The number of hydrogen-bond acceptors (Lipinski definition) is 6. The average molecular weight is 381 g/mol. The molecule has 0 radical (unpaired) electrons. The number of nitrogens with zero attached hydrogens (tertiary/aromatic N) is 4. The molecule has 0 aromatic carbocycles. The van der Waals surface area contributed by atoms with E-state index in [-0.39, 0.29) is 17.2 Å². The zero-order valence-electron chi connectivity index (χ0n) is 15.7. The first kappa shape index (κ1) is 19.0. The Morgan fingerprint density at radius 3 is 2.46 bits per heavy atom. The summed E-state index contributed by atoms with van der Waals surface area (Å²) in [5.74, 6) is 0.741. The molecule has 26 heavy (non-hydrogen) atoms. The van der Waals surface area contributed by atoms with Crippen molar-refractivity contribution in [1.82, 2.24) is 25.4 Å². The minimum absolute atomic E-state index is 0.141. The van der Waals surface area contributed by atoms with Crippen molar-refractivity contribution < 1.29 is 9.59 Å². The summed E-state index contributed by atoms with van der Waals surface area (Å²) in [6.07, 6.45) is 5.91. The Morgan fingerprint density at radius 1 is 1.15 bits per heavy atom. The van der Waals surface area contributed by atoms with Gasteiger partial charge in [0.1, 0.15) is 0 Å². The van der Waals surface area contributed by atoms with Crippen molar-refractivity contribution in [3.63, 3.8) is 0 Å². The minimum atomic E-state index is -0.472. The Bertz CT molecular complexity index is 659. The van der Waals surface area contributed by atoms with E-state index >= 15 is 0 Å². The molecular weight excluding hydrogens is 352 g/mol. The first-order valence-corrected chi connectivity index (χ1v) is 10.3. The van der Waals surface area contributed by atoms with Crippen LogP contribution in [0.5, 0.6) is 0 Å². The molecule has 1 saturated carbocycles. The zero-order valence-corrected chi connectivity index (χ0v) is 16.6. The lowest BCUT2D eigenvalue weighted by Crippen LogP contribution is -2.48. The number of piperidine rings is 1. The van der Waals surface area contributed by atoms with Crippen LogP contribution in [0.1, 0.15) is 58.9 Å². The number of thioether (sulfide) groups is 1. The lowest BCUT2D eigenvalue weighted by atomic mass is 10.1. The average Bonchev–Trinajstić information content (AvgIpc) is 3.31. The van der Waals surface area contributed by atoms with E-state index in [1.165, 1.54) is 31.0 Å². The van der Waals surface area contributed by atoms with Crippen molar-refractivity contribution >= 4 is 29.6 Å². The molecule has 2 heterocycles. The number of imide groups is 1. The quantitative estimate of drug-likeness (QED) is 0.762. The molecular formula is C17H28N6O2S. The van der Waals surface area contributed by atoms with Crippen molar-refractivity contribution in [2.24, 2.45) is 0 Å². The minimum Gasteiger partial charge on any atom is -0.341 e. The van der Waals surface area contributed by atoms with Crippen molar-refractivity contribution in [3.05, 3.63) is 0 Å². The maximum atomic E-state index is 12.1. The summed E-state index contributed by atoms with van der Waals surface area (Å²) in [4.78, 5) is 26.1. The van der Waals surface area contributed by atoms with Crippen LogP contribution >= 0.6 is 11.8 Å². The summed E-state index contributed by atoms with van der Waals surface area (Å²) >= 11 is 1.34. The first-order chi connectivity index (χ1) is 12.3. The number of urea groups is 1. The molecule has 0 unspecified atom stereocenters. The lowest BCUT2D eigenvalue weighted by molar-refractivity contribution is -0.117. The van der Waals surface area contributed by atoms with Gasteiger partial charge in [-0.2, -0.15) is 0 Å². The topological polar surface area (TPSA) is 92.2 Å². The van der Waals surface area contributed by atoms with Crippen LogP contribution in [0.4, 0.5) is 10.7 Å². The van der Waals surface area contributed by atoms with Gasteiger partial charge in [-0.3, -0.25) is 14.7 Å². The van der Waals surface area contributed by atoms with E-state index < -0.39 is 6.03 Å². The van der Waals surface area contributed by atoms with Gasteiger partial charge in [-0.25, -0.2) is 4.79 Å². The molecule has 2 N–H and O–H groups in total. The number of nitrogens with one attached hydrogen (secondary N) is 2. The first-order valence-electron chi connectivity index (χ1n) is 9.28. The largest absolute Gasteiger partial charge is 0.341 e. The summed E-state index contributed by atoms with van der Waals surface area (Å²) in [7, 11) is 0. The molecule has 3 amide bonds. The van der Waals surface area contributed by atoms with Gasteiger partial charge in [0.15, 0.2) is 5.16 Å². The number of hydrogen-bond donors (Lipinski definition) is 2. The van der Waals surface area contributed by atoms with Gasteiger partial charge >= 0.3 is 6.03 Å². The lowest BCUT2D eigenvalue weighted by Gasteiger charge is -2.27. The molecule has 0 atom stereocenters. The van der Waals surface area contributed by atoms with Gasteiger partial charge in [-0.1, -0.05) is 11.8 Å². The third kappa shape index (κ3) is 5.12. The molecule has 0 bridgehead atoms. The van der Waals surface area contributed by atoms with Crippen LogP contribution in [0.3, 0.4) is 0 Å². The molecule has 9 heteroatoms. The SMILES string of the molecule is CC(C)(C)NC(=O)NC(=O)CSc1nnc(N2CCCCC2)n1C1CC1. The summed E-state index contributed by atoms with van der Waals surface area (Å²) in [6.45, 7) is 7.64. The predicted molar refractivity (Wildman–Crippen MR) is 102 cm³/mol. The smallest absolute Gasteiger partial charge is 0.321 e. The van der Waals surface area contributed by atoms with E-state index in [2.05, 4.69) is 30.3 Å². The number of rotatable bonds is 5. The molecule has 0 spiro atoms. The van der Waals surface area contributed by atoms with Gasteiger partial charge in [0.05, 0.1) is 5.75 Å². The van der Waals surface area contributed by atoms with Gasteiger partial charge in [0.2, 0.25) is 11.9 Å². The highest BCUT2D eigenvalue weighted by molar-refractivity contribution is 7.99. The van der Waals surface area contributed by atoms with Gasteiger partial charge in [0.25, 0.3) is 0 Å². The molecule has 1 aliphatic carbocycles. The Balaban J connectivity index is 1.58. The van der Waals surface area contributed by atoms with Crippen LogP contribution in [0, 0.1) is 0 Å². The highest BCUT2D eigenvalue weighted by atomic mass is 32.2. The summed E-state index contributed by atoms with van der Waals surface area (Å²) < 4.78 is 2.18. The van der Waals surface area contributed by atoms with Crippen molar-refractivity contribution in [1.29, 1.82) is 0 Å². The van der Waals surface area contributed by atoms with Crippen LogP contribution in [0.2, 0.25) is 0 Å².